The minimum Gasteiger partial charge on any atom is -0.481 e. The van der Waals surface area contributed by atoms with Gasteiger partial charge in [0.2, 0.25) is 5.95 Å². The number of hydrogen-bond donors (Lipinski definition) is 2. The third-order valence-corrected chi connectivity index (χ3v) is 4.92. The number of rotatable bonds is 7. The first-order valence-electron chi connectivity index (χ1n) is 10.2. The Bertz CT molecular complexity index is 1280. The van der Waals surface area contributed by atoms with Gasteiger partial charge in [-0.1, -0.05) is 25.1 Å². The minimum absolute atomic E-state index is 0.189. The summed E-state index contributed by atoms with van der Waals surface area (Å²) in [7, 11) is 0. The van der Waals surface area contributed by atoms with Crippen LogP contribution in [-0.4, -0.2) is 31.8 Å². The minimum atomic E-state index is -0.774. The maximum atomic E-state index is 12.8. The summed E-state index contributed by atoms with van der Waals surface area (Å²) >= 11 is 0. The molecule has 4 rings (SSSR count). The number of ether oxygens (including phenoxy) is 1. The molecule has 0 saturated carbocycles. The maximum absolute atomic E-state index is 12.8. The molecule has 0 radical (unpaired) electrons. The first-order valence-corrected chi connectivity index (χ1v) is 10.2. The van der Waals surface area contributed by atoms with E-state index < -0.39 is 6.10 Å². The number of aromatic nitrogens is 4. The van der Waals surface area contributed by atoms with Crippen LogP contribution in [0.25, 0.3) is 17.4 Å². The molecule has 1 amide bonds. The highest BCUT2D eigenvalue weighted by molar-refractivity contribution is 5.94. The number of benzene rings is 1. The maximum Gasteiger partial charge on any atom is 0.266 e. The van der Waals surface area contributed by atoms with Gasteiger partial charge in [-0.3, -0.25) is 14.6 Å². The van der Waals surface area contributed by atoms with Crippen molar-refractivity contribution in [2.75, 3.05) is 5.32 Å². The number of amides is 1. The van der Waals surface area contributed by atoms with Crippen LogP contribution in [0.15, 0.2) is 64.0 Å². The Kier molecular flexibility index (Phi) is 5.89. The van der Waals surface area contributed by atoms with E-state index in [4.69, 9.17) is 9.15 Å². The van der Waals surface area contributed by atoms with Crippen LogP contribution < -0.4 is 15.6 Å². The van der Waals surface area contributed by atoms with Crippen molar-refractivity contribution >= 4 is 11.7 Å². The Morgan fingerprint density at radius 3 is 2.69 bits per heavy atom. The Labute approximate surface area is 184 Å². The average Bonchev–Trinajstić information content (AvgIpc) is 3.44. The van der Waals surface area contributed by atoms with Crippen molar-refractivity contribution < 1.29 is 13.9 Å². The van der Waals surface area contributed by atoms with Crippen LogP contribution in [0.5, 0.6) is 5.75 Å². The zero-order chi connectivity index (χ0) is 22.7. The highest BCUT2D eigenvalue weighted by atomic mass is 16.5. The van der Waals surface area contributed by atoms with E-state index in [0.717, 1.165) is 0 Å². The van der Waals surface area contributed by atoms with Crippen LogP contribution in [-0.2, 0) is 11.2 Å². The summed E-state index contributed by atoms with van der Waals surface area (Å²) < 4.78 is 12.5. The van der Waals surface area contributed by atoms with Crippen LogP contribution in [0, 0.1) is 6.92 Å². The number of furan rings is 1. The fourth-order valence-electron chi connectivity index (χ4n) is 3.27. The lowest BCUT2D eigenvalue weighted by Crippen LogP contribution is -2.31. The molecule has 0 bridgehead atoms. The monoisotopic (exact) mass is 433 g/mol. The third-order valence-electron chi connectivity index (χ3n) is 4.92. The second-order valence-electron chi connectivity index (χ2n) is 7.17. The number of carbonyl (C=O) groups excluding carboxylic acids is 1. The molecule has 3 aromatic heterocycles. The fourth-order valence-corrected chi connectivity index (χ4v) is 3.27. The largest absolute Gasteiger partial charge is 0.481 e. The van der Waals surface area contributed by atoms with Gasteiger partial charge in [-0.05, 0) is 44.5 Å². The van der Waals surface area contributed by atoms with E-state index in [9.17, 15) is 9.59 Å². The molecule has 32 heavy (non-hydrogen) atoms. The quantitative estimate of drug-likeness (QED) is 0.461. The lowest BCUT2D eigenvalue weighted by atomic mass is 10.2. The van der Waals surface area contributed by atoms with E-state index in [-0.39, 0.29) is 17.4 Å². The second kappa shape index (κ2) is 8.93. The van der Waals surface area contributed by atoms with Gasteiger partial charge >= 0.3 is 0 Å². The first kappa shape index (κ1) is 21.1. The predicted octanol–water partition coefficient (Wildman–Crippen LogP) is 3.49. The van der Waals surface area contributed by atoms with Gasteiger partial charge in [-0.15, -0.1) is 0 Å². The highest BCUT2D eigenvalue weighted by Crippen LogP contribution is 2.24. The topological polar surface area (TPSA) is 115 Å². The number of nitrogens with one attached hydrogen (secondary N) is 2. The van der Waals surface area contributed by atoms with Gasteiger partial charge in [0.1, 0.15) is 17.3 Å². The number of aromatic amines is 1. The Morgan fingerprint density at radius 1 is 1.25 bits per heavy atom. The Hall–Kier alpha value is -4.14. The lowest BCUT2D eigenvalue weighted by molar-refractivity contribution is -0.122. The summed E-state index contributed by atoms with van der Waals surface area (Å²) in [5.74, 6) is 1.21. The zero-order valence-corrected chi connectivity index (χ0v) is 18.0. The molecule has 0 aliphatic rings. The number of nitrogens with zero attached hydrogens (tertiary/aromatic N) is 3. The molecular weight excluding hydrogens is 410 g/mol. The predicted molar refractivity (Wildman–Crippen MR) is 119 cm³/mol. The van der Waals surface area contributed by atoms with Crippen LogP contribution in [0.4, 0.5) is 5.82 Å². The van der Waals surface area contributed by atoms with Crippen molar-refractivity contribution in [1.82, 2.24) is 19.7 Å². The van der Waals surface area contributed by atoms with E-state index in [1.807, 2.05) is 25.1 Å². The normalized spacial score (nSPS) is 11.8. The van der Waals surface area contributed by atoms with Crippen LogP contribution in [0.1, 0.15) is 25.1 Å². The molecule has 9 heteroatoms. The molecule has 0 aliphatic heterocycles. The van der Waals surface area contributed by atoms with Crippen molar-refractivity contribution in [2.45, 2.75) is 33.3 Å². The SMILES string of the molecule is CCc1c(C)nc(-n2nc(-c3ccco3)cc2NC(=O)C(C)Oc2ccccc2)[nH]c1=O. The fraction of sp³-hybridized carbons (Fsp3) is 0.217. The number of hydrogen-bond acceptors (Lipinski definition) is 6. The van der Waals surface area contributed by atoms with Gasteiger partial charge in [-0.25, -0.2) is 4.98 Å². The standard InChI is InChI=1S/C23H23N5O4/c1-4-17-14(2)24-23(26-22(17)30)28-20(13-18(27-28)19-11-8-12-31-19)25-21(29)15(3)32-16-9-6-5-7-10-16/h5-13,15H,4H2,1-3H3,(H,25,29)(H,24,26,30). The molecule has 3 heterocycles. The van der Waals surface area contributed by atoms with Crippen LogP contribution in [0.3, 0.4) is 0 Å². The molecule has 2 N–H and O–H groups in total. The smallest absolute Gasteiger partial charge is 0.266 e. The van der Waals surface area contributed by atoms with Gasteiger partial charge < -0.3 is 14.5 Å². The Balaban J connectivity index is 1.68. The van der Waals surface area contributed by atoms with Gasteiger partial charge in [0.05, 0.1) is 6.26 Å². The molecule has 1 atom stereocenters. The molecule has 0 spiro atoms. The molecule has 9 nitrogen and oxygen atoms in total. The van der Waals surface area contributed by atoms with E-state index in [1.165, 1.54) is 10.9 Å². The molecule has 0 fully saturated rings. The number of aryl methyl sites for hydroxylation is 1. The average molecular weight is 433 g/mol. The van der Waals surface area contributed by atoms with Gasteiger partial charge in [0, 0.05) is 17.3 Å². The van der Waals surface area contributed by atoms with Crippen molar-refractivity contribution in [3.8, 4) is 23.2 Å². The molecule has 0 aliphatic carbocycles. The summed E-state index contributed by atoms with van der Waals surface area (Å²) in [5, 5.41) is 7.30. The van der Waals surface area contributed by atoms with E-state index in [2.05, 4.69) is 20.4 Å². The molecular formula is C23H23N5O4. The Morgan fingerprint density at radius 2 is 2.03 bits per heavy atom. The summed E-state index contributed by atoms with van der Waals surface area (Å²) in [6, 6.07) is 14.2. The lowest BCUT2D eigenvalue weighted by Gasteiger charge is -2.15. The summed E-state index contributed by atoms with van der Waals surface area (Å²) in [4.78, 5) is 32.5. The van der Waals surface area contributed by atoms with Crippen LogP contribution >= 0.6 is 0 Å². The van der Waals surface area contributed by atoms with E-state index >= 15 is 0 Å². The number of para-hydroxylation sites is 1. The highest BCUT2D eigenvalue weighted by Gasteiger charge is 2.21. The molecule has 1 aromatic carbocycles. The summed E-state index contributed by atoms with van der Waals surface area (Å²) in [5.41, 5.74) is 1.42. The van der Waals surface area contributed by atoms with Gasteiger partial charge in [-0.2, -0.15) is 9.78 Å². The van der Waals surface area contributed by atoms with E-state index in [0.29, 0.717) is 40.7 Å². The third kappa shape index (κ3) is 4.31. The first-order chi connectivity index (χ1) is 15.5. The van der Waals surface area contributed by atoms with Crippen LogP contribution in [0.2, 0.25) is 0 Å². The van der Waals surface area contributed by atoms with Crippen molar-refractivity contribution in [2.24, 2.45) is 0 Å². The van der Waals surface area contributed by atoms with Crippen molar-refractivity contribution in [3.05, 3.63) is 76.4 Å². The molecule has 4 aromatic rings. The number of anilines is 1. The summed E-state index contributed by atoms with van der Waals surface area (Å²) in [6.07, 6.45) is 1.32. The molecule has 164 valence electrons. The van der Waals surface area contributed by atoms with Crippen molar-refractivity contribution in [1.29, 1.82) is 0 Å². The van der Waals surface area contributed by atoms with Gasteiger partial charge in [0.25, 0.3) is 11.5 Å². The number of H-pyrrole nitrogens is 1. The van der Waals surface area contributed by atoms with E-state index in [1.54, 1.807) is 44.2 Å². The number of carbonyl (C=O) groups is 1. The second-order valence-corrected chi connectivity index (χ2v) is 7.17. The zero-order valence-electron chi connectivity index (χ0n) is 18.0. The van der Waals surface area contributed by atoms with Gasteiger partial charge in [0.15, 0.2) is 11.9 Å². The molecule has 0 saturated heterocycles. The van der Waals surface area contributed by atoms with Crippen molar-refractivity contribution in [3.63, 3.8) is 0 Å². The molecule has 1 unspecified atom stereocenters. The summed E-state index contributed by atoms with van der Waals surface area (Å²) in [6.45, 7) is 5.31.